The maximum atomic E-state index is 2.46. The van der Waals surface area contributed by atoms with Crippen molar-refractivity contribution in [2.24, 2.45) is 5.92 Å². The Labute approximate surface area is 157 Å². The maximum Gasteiger partial charge on any atom is 0.0661 e. The van der Waals surface area contributed by atoms with Crippen molar-refractivity contribution < 1.29 is 0 Å². The highest BCUT2D eigenvalue weighted by atomic mass is 14.4. The van der Waals surface area contributed by atoms with Crippen molar-refractivity contribution in [1.82, 2.24) is 0 Å². The van der Waals surface area contributed by atoms with Crippen molar-refractivity contribution in [1.29, 1.82) is 0 Å². The Morgan fingerprint density at radius 3 is 2.04 bits per heavy atom. The molecule has 2 aromatic rings. The van der Waals surface area contributed by atoms with Crippen molar-refractivity contribution in [2.75, 3.05) is 0 Å². The van der Waals surface area contributed by atoms with Gasteiger partial charge in [-0.1, -0.05) is 110 Å². The van der Waals surface area contributed by atoms with Crippen LogP contribution in [0.25, 0.3) is 0 Å². The number of rotatable bonds is 4. The Bertz CT molecular complexity index is 823. The van der Waals surface area contributed by atoms with Gasteiger partial charge in [0.15, 0.2) is 0 Å². The van der Waals surface area contributed by atoms with E-state index in [1.165, 1.54) is 22.3 Å². The standard InChI is InChI=1S/C26H26/c1-21-17-19-25(20-18-21)26(22-11-5-2-6-12-22,23-13-7-3-8-14-23)24-15-9-4-10-16-24/h2-9,11-15,17,19-21H,10,16,18H2,1H3. The molecule has 2 aliphatic carbocycles. The Hall–Kier alpha value is -2.60. The van der Waals surface area contributed by atoms with E-state index in [0.29, 0.717) is 5.92 Å². The van der Waals surface area contributed by atoms with Gasteiger partial charge in [-0.15, -0.1) is 0 Å². The molecule has 2 aliphatic rings. The van der Waals surface area contributed by atoms with Crippen LogP contribution in [0, 0.1) is 5.92 Å². The van der Waals surface area contributed by atoms with Gasteiger partial charge < -0.3 is 0 Å². The topological polar surface area (TPSA) is 0 Å². The van der Waals surface area contributed by atoms with Gasteiger partial charge >= 0.3 is 0 Å². The smallest absolute Gasteiger partial charge is 0.0661 e. The Balaban J connectivity index is 2.02. The van der Waals surface area contributed by atoms with E-state index in [0.717, 1.165) is 19.3 Å². The monoisotopic (exact) mass is 338 g/mol. The molecule has 4 rings (SSSR count). The summed E-state index contributed by atoms with van der Waals surface area (Å²) in [7, 11) is 0. The molecule has 0 N–H and O–H groups in total. The van der Waals surface area contributed by atoms with E-state index in [4.69, 9.17) is 0 Å². The molecular formula is C26H26. The molecule has 0 nitrogen and oxygen atoms in total. The SMILES string of the molecule is CC1C=CC(C(C2=CC=CCC2)(c2ccccc2)c2ccccc2)=CC1. The maximum absolute atomic E-state index is 2.46. The molecule has 0 radical (unpaired) electrons. The van der Waals surface area contributed by atoms with Crippen LogP contribution in [0.3, 0.4) is 0 Å². The zero-order valence-electron chi connectivity index (χ0n) is 15.4. The van der Waals surface area contributed by atoms with E-state index >= 15 is 0 Å². The molecule has 0 saturated carbocycles. The molecule has 0 bridgehead atoms. The van der Waals surface area contributed by atoms with Gasteiger partial charge in [0.2, 0.25) is 0 Å². The summed E-state index contributed by atoms with van der Waals surface area (Å²) in [6, 6.07) is 22.1. The highest BCUT2D eigenvalue weighted by Crippen LogP contribution is 2.49. The van der Waals surface area contributed by atoms with Crippen molar-refractivity contribution >= 4 is 0 Å². The van der Waals surface area contributed by atoms with Crippen LogP contribution in [0.5, 0.6) is 0 Å². The van der Waals surface area contributed by atoms with Crippen molar-refractivity contribution in [2.45, 2.75) is 31.6 Å². The zero-order valence-corrected chi connectivity index (χ0v) is 15.4. The van der Waals surface area contributed by atoms with E-state index in [-0.39, 0.29) is 5.41 Å². The second-order valence-corrected chi connectivity index (χ2v) is 7.37. The first kappa shape index (κ1) is 16.8. The molecule has 0 amide bonds. The minimum atomic E-state index is -0.204. The third kappa shape index (κ3) is 2.90. The van der Waals surface area contributed by atoms with Gasteiger partial charge in [-0.2, -0.15) is 0 Å². The first-order valence-electron chi connectivity index (χ1n) is 9.68. The van der Waals surface area contributed by atoms with Gasteiger partial charge in [0.25, 0.3) is 0 Å². The molecule has 0 fully saturated rings. The van der Waals surface area contributed by atoms with Crippen molar-refractivity contribution in [3.63, 3.8) is 0 Å². The summed E-state index contributed by atoms with van der Waals surface area (Å²) in [5, 5.41) is 0. The molecule has 0 heteroatoms. The lowest BCUT2D eigenvalue weighted by molar-refractivity contribution is 0.647. The first-order valence-corrected chi connectivity index (χ1v) is 9.68. The number of allylic oxidation sites excluding steroid dienone is 8. The largest absolute Gasteiger partial charge is 0.0842 e. The third-order valence-electron chi connectivity index (χ3n) is 5.66. The predicted octanol–water partition coefficient (Wildman–Crippen LogP) is 6.77. The molecule has 130 valence electrons. The van der Waals surface area contributed by atoms with E-state index in [9.17, 15) is 0 Å². The average molecular weight is 338 g/mol. The lowest BCUT2D eigenvalue weighted by Gasteiger charge is -2.41. The number of benzene rings is 2. The molecule has 0 saturated heterocycles. The second-order valence-electron chi connectivity index (χ2n) is 7.37. The summed E-state index contributed by atoms with van der Waals surface area (Å²) in [6.07, 6.45) is 17.4. The summed E-state index contributed by atoms with van der Waals surface area (Å²) in [6.45, 7) is 2.29. The van der Waals surface area contributed by atoms with Crippen LogP contribution in [0.4, 0.5) is 0 Å². The molecule has 26 heavy (non-hydrogen) atoms. The van der Waals surface area contributed by atoms with Crippen LogP contribution < -0.4 is 0 Å². The van der Waals surface area contributed by atoms with Gasteiger partial charge in [-0.3, -0.25) is 0 Å². The van der Waals surface area contributed by atoms with Crippen LogP contribution in [-0.2, 0) is 5.41 Å². The van der Waals surface area contributed by atoms with Crippen molar-refractivity contribution in [3.05, 3.63) is 119 Å². The highest BCUT2D eigenvalue weighted by molar-refractivity contribution is 5.61. The average Bonchev–Trinajstić information content (AvgIpc) is 2.72. The molecule has 0 spiro atoms. The number of hydrogen-bond donors (Lipinski definition) is 0. The van der Waals surface area contributed by atoms with Crippen LogP contribution in [0.2, 0.25) is 0 Å². The van der Waals surface area contributed by atoms with E-state index in [1.807, 2.05) is 0 Å². The molecule has 1 unspecified atom stereocenters. The summed E-state index contributed by atoms with van der Waals surface area (Å²) in [5.41, 5.74) is 5.41. The normalized spacial score (nSPS) is 19.8. The molecule has 0 aromatic heterocycles. The Kier molecular flexibility index (Phi) is 4.75. The second kappa shape index (κ2) is 7.33. The first-order chi connectivity index (χ1) is 12.8. The zero-order chi connectivity index (χ0) is 17.8. The van der Waals surface area contributed by atoms with Crippen LogP contribution in [0.15, 0.2) is 108 Å². The number of hydrogen-bond acceptors (Lipinski definition) is 0. The highest BCUT2D eigenvalue weighted by Gasteiger charge is 2.40. The fraction of sp³-hybridized carbons (Fsp3) is 0.231. The van der Waals surface area contributed by atoms with E-state index in [2.05, 4.69) is 104 Å². The minimum Gasteiger partial charge on any atom is -0.0842 e. The van der Waals surface area contributed by atoms with Gasteiger partial charge in [0.1, 0.15) is 0 Å². The van der Waals surface area contributed by atoms with Crippen molar-refractivity contribution in [3.8, 4) is 0 Å². The van der Waals surface area contributed by atoms with Crippen LogP contribution in [-0.4, -0.2) is 0 Å². The fourth-order valence-corrected chi connectivity index (χ4v) is 4.35. The molecule has 0 heterocycles. The lowest BCUT2D eigenvalue weighted by Crippen LogP contribution is -2.33. The van der Waals surface area contributed by atoms with Gasteiger partial charge in [0, 0.05) is 0 Å². The van der Waals surface area contributed by atoms with Crippen LogP contribution >= 0.6 is 0 Å². The molecular weight excluding hydrogens is 312 g/mol. The Morgan fingerprint density at radius 2 is 1.54 bits per heavy atom. The summed E-state index contributed by atoms with van der Waals surface area (Å²) in [4.78, 5) is 0. The third-order valence-corrected chi connectivity index (χ3v) is 5.66. The summed E-state index contributed by atoms with van der Waals surface area (Å²) >= 11 is 0. The quantitative estimate of drug-likeness (QED) is 0.577. The fourth-order valence-electron chi connectivity index (χ4n) is 4.35. The van der Waals surface area contributed by atoms with E-state index in [1.54, 1.807) is 0 Å². The van der Waals surface area contributed by atoms with Gasteiger partial charge in [-0.05, 0) is 41.9 Å². The van der Waals surface area contributed by atoms with E-state index < -0.39 is 0 Å². The Morgan fingerprint density at radius 1 is 0.885 bits per heavy atom. The minimum absolute atomic E-state index is 0.204. The predicted molar refractivity (Wildman–Crippen MR) is 111 cm³/mol. The summed E-state index contributed by atoms with van der Waals surface area (Å²) in [5.74, 6) is 0.614. The lowest BCUT2D eigenvalue weighted by atomic mass is 9.61. The molecule has 1 atom stereocenters. The molecule has 0 aliphatic heterocycles. The summed E-state index contributed by atoms with van der Waals surface area (Å²) < 4.78 is 0. The van der Waals surface area contributed by atoms with Crippen LogP contribution in [0.1, 0.15) is 37.3 Å². The molecule has 2 aromatic carbocycles. The van der Waals surface area contributed by atoms with Gasteiger partial charge in [-0.25, -0.2) is 0 Å². The van der Waals surface area contributed by atoms with Gasteiger partial charge in [0.05, 0.1) is 5.41 Å².